The van der Waals surface area contributed by atoms with Gasteiger partial charge in [0.2, 0.25) is 0 Å². The number of piperazine rings is 1. The maximum atomic E-state index is 13.5. The summed E-state index contributed by atoms with van der Waals surface area (Å²) in [5.41, 5.74) is 0.673. The van der Waals surface area contributed by atoms with Crippen LogP contribution < -0.4 is 10.3 Å². The number of hydroxylamine groups is 5. The number of likely N-dealkylation sites (N-methyl/N-ethyl adjacent to an activating group) is 1. The maximum absolute atomic E-state index is 13.5. The van der Waals surface area contributed by atoms with Gasteiger partial charge in [0.25, 0.3) is 5.56 Å². The van der Waals surface area contributed by atoms with Gasteiger partial charge < -0.3 is 24.8 Å². The number of nitrogens with zero attached hydrogens (tertiary/aromatic N) is 5. The Hall–Kier alpha value is -2.84. The molecular formula is C23H32N6O6S. The lowest BCUT2D eigenvalue weighted by Gasteiger charge is -2.52. The van der Waals surface area contributed by atoms with E-state index in [0.717, 1.165) is 6.42 Å². The van der Waals surface area contributed by atoms with Gasteiger partial charge >= 0.3 is 10.0 Å². The summed E-state index contributed by atoms with van der Waals surface area (Å²) < 4.78 is 32.1. The molecule has 3 heterocycles. The molecule has 1 aliphatic rings. The molecule has 4 rings (SSSR count). The molecule has 1 fully saturated rings. The topological polar surface area (TPSA) is 153 Å². The van der Waals surface area contributed by atoms with E-state index in [9.17, 15) is 23.6 Å². The Balaban J connectivity index is 1.84. The molecule has 196 valence electrons. The zero-order chi connectivity index (χ0) is 26.3. The minimum atomic E-state index is -4.41. The standard InChI is InChI=1S/C23H32N6O6S/c1-5-8-20-24-16(4)21-23(30)25-22(26-27(20)21)18-15-17(9-10-19(18)35-7-3)36(33,34)29(32)13-11-28(31,6-2)12-14-29/h9-10,15H,5-8,11-14H2,1-4H3,(H,25,26,30). The third-order valence-corrected chi connectivity index (χ3v) is 8.82. The number of ether oxygens (including phenoxy) is 1. The highest BCUT2D eigenvalue weighted by Gasteiger charge is 2.42. The highest BCUT2D eigenvalue weighted by atomic mass is 32.2. The summed E-state index contributed by atoms with van der Waals surface area (Å²) in [5, 5.41) is 30.5. The molecule has 0 unspecified atom stereocenters. The van der Waals surface area contributed by atoms with Crippen molar-refractivity contribution in [1.82, 2.24) is 19.6 Å². The highest BCUT2D eigenvalue weighted by molar-refractivity contribution is 7.86. The lowest BCUT2D eigenvalue weighted by molar-refractivity contribution is -0.945. The van der Waals surface area contributed by atoms with Crippen molar-refractivity contribution in [2.45, 2.75) is 45.4 Å². The summed E-state index contributed by atoms with van der Waals surface area (Å²) in [5.74, 6) is 1.02. The molecule has 0 atom stereocenters. The lowest BCUT2D eigenvalue weighted by Crippen LogP contribution is -2.64. The fraction of sp³-hybridized carbons (Fsp3) is 0.522. The highest BCUT2D eigenvalue weighted by Crippen LogP contribution is 2.34. The van der Waals surface area contributed by atoms with E-state index in [1.54, 1.807) is 20.8 Å². The smallest absolute Gasteiger partial charge is 0.327 e. The molecule has 1 saturated heterocycles. The molecule has 1 aliphatic heterocycles. The van der Waals surface area contributed by atoms with Gasteiger partial charge in [0.05, 0.1) is 24.4 Å². The summed E-state index contributed by atoms with van der Waals surface area (Å²) in [6.45, 7) is 6.97. The van der Waals surface area contributed by atoms with Gasteiger partial charge in [-0.3, -0.25) is 4.79 Å². The van der Waals surface area contributed by atoms with Gasteiger partial charge in [-0.2, -0.15) is 8.42 Å². The van der Waals surface area contributed by atoms with Gasteiger partial charge in [-0.05, 0) is 45.4 Å². The fourth-order valence-corrected chi connectivity index (χ4v) is 6.06. The number of hydrogen-bond donors (Lipinski definition) is 1. The van der Waals surface area contributed by atoms with E-state index in [4.69, 9.17) is 4.74 Å². The second-order valence-corrected chi connectivity index (χ2v) is 11.2. The van der Waals surface area contributed by atoms with E-state index in [1.165, 1.54) is 22.7 Å². The van der Waals surface area contributed by atoms with Crippen molar-refractivity contribution in [3.8, 4) is 17.1 Å². The first kappa shape index (κ1) is 26.2. The lowest BCUT2D eigenvalue weighted by atomic mass is 10.2. The number of imidazole rings is 1. The molecule has 0 saturated carbocycles. The zero-order valence-electron chi connectivity index (χ0n) is 21.0. The Morgan fingerprint density at radius 3 is 2.44 bits per heavy atom. The van der Waals surface area contributed by atoms with Crippen LogP contribution in [0, 0.1) is 17.3 Å². The summed E-state index contributed by atoms with van der Waals surface area (Å²) in [7, 11) is -4.41. The molecular weight excluding hydrogens is 488 g/mol. The summed E-state index contributed by atoms with van der Waals surface area (Å²) >= 11 is 0. The summed E-state index contributed by atoms with van der Waals surface area (Å²) in [4.78, 5) is 19.9. The van der Waals surface area contributed by atoms with Crippen LogP contribution in [0.3, 0.4) is 0 Å². The van der Waals surface area contributed by atoms with Gasteiger partial charge in [-0.25, -0.2) is 13.6 Å². The van der Waals surface area contributed by atoms with Gasteiger partial charge in [0.1, 0.15) is 42.6 Å². The second kappa shape index (κ2) is 9.56. The van der Waals surface area contributed by atoms with Gasteiger partial charge in [0, 0.05) is 6.42 Å². The molecule has 0 bridgehead atoms. The molecule has 0 aliphatic carbocycles. The summed E-state index contributed by atoms with van der Waals surface area (Å²) in [6.07, 6.45) is 1.40. The van der Waals surface area contributed by atoms with Gasteiger partial charge in [-0.15, -0.1) is 5.10 Å². The number of fused-ring (bicyclic) bond motifs is 1. The largest absolute Gasteiger partial charge is 0.632 e. The van der Waals surface area contributed by atoms with E-state index in [2.05, 4.69) is 15.1 Å². The minimum Gasteiger partial charge on any atom is -0.632 e. The average Bonchev–Trinajstić information content (AvgIpc) is 3.17. The van der Waals surface area contributed by atoms with Crippen LogP contribution >= 0.6 is 0 Å². The Kier molecular flexibility index (Phi) is 6.96. The molecule has 3 aromatic rings. The average molecular weight is 521 g/mol. The van der Waals surface area contributed by atoms with Crippen molar-refractivity contribution in [3.05, 3.63) is 50.5 Å². The predicted octanol–water partition coefficient (Wildman–Crippen LogP) is 2.10. The number of rotatable bonds is 8. The first-order valence-electron chi connectivity index (χ1n) is 12.1. The van der Waals surface area contributed by atoms with Crippen LogP contribution in [0.5, 0.6) is 5.75 Å². The Labute approximate surface area is 209 Å². The number of quaternary nitrogens is 2. The van der Waals surface area contributed by atoms with Crippen molar-refractivity contribution in [2.75, 3.05) is 39.3 Å². The molecule has 0 spiro atoms. The second-order valence-electron chi connectivity index (χ2n) is 9.08. The summed E-state index contributed by atoms with van der Waals surface area (Å²) in [6, 6.07) is 4.08. The van der Waals surface area contributed by atoms with Crippen LogP contribution in [0.4, 0.5) is 0 Å². The zero-order valence-corrected chi connectivity index (χ0v) is 21.8. The van der Waals surface area contributed by atoms with E-state index in [0.29, 0.717) is 35.8 Å². The Morgan fingerprint density at radius 1 is 1.14 bits per heavy atom. The van der Waals surface area contributed by atoms with Crippen molar-refractivity contribution in [3.63, 3.8) is 0 Å². The van der Waals surface area contributed by atoms with Crippen LogP contribution in [0.2, 0.25) is 0 Å². The maximum Gasteiger partial charge on any atom is 0.327 e. The molecule has 0 amide bonds. The number of benzene rings is 1. The monoisotopic (exact) mass is 520 g/mol. The van der Waals surface area contributed by atoms with Crippen LogP contribution in [0.15, 0.2) is 27.9 Å². The van der Waals surface area contributed by atoms with E-state index < -0.39 is 24.3 Å². The number of aromatic amines is 1. The van der Waals surface area contributed by atoms with E-state index >= 15 is 0 Å². The molecule has 1 N–H and O–H groups in total. The first-order chi connectivity index (χ1) is 17.0. The van der Waals surface area contributed by atoms with Crippen molar-refractivity contribution in [2.24, 2.45) is 0 Å². The molecule has 1 aromatic carbocycles. The van der Waals surface area contributed by atoms with Gasteiger partial charge in [0.15, 0.2) is 11.3 Å². The van der Waals surface area contributed by atoms with Crippen LogP contribution in [-0.2, 0) is 16.4 Å². The fourth-order valence-electron chi connectivity index (χ4n) is 4.52. The van der Waals surface area contributed by atoms with E-state index in [-0.39, 0.29) is 49.0 Å². The molecule has 36 heavy (non-hydrogen) atoms. The molecule has 12 nitrogen and oxygen atoms in total. The number of hydrogen-bond acceptors (Lipinski definition) is 8. The molecule has 2 aromatic heterocycles. The Bertz CT molecular complexity index is 1440. The molecule has 13 heteroatoms. The third kappa shape index (κ3) is 4.41. The predicted molar refractivity (Wildman–Crippen MR) is 133 cm³/mol. The normalized spacial score (nSPS) is 22.7. The first-order valence-corrected chi connectivity index (χ1v) is 13.6. The van der Waals surface area contributed by atoms with Crippen molar-refractivity contribution < 1.29 is 21.9 Å². The number of sulfonamides is 1. The van der Waals surface area contributed by atoms with Crippen LogP contribution in [-0.4, -0.2) is 76.0 Å². The molecule has 0 radical (unpaired) electrons. The number of H-pyrrole nitrogens is 1. The third-order valence-electron chi connectivity index (χ3n) is 6.73. The quantitative estimate of drug-likeness (QED) is 0.350. The van der Waals surface area contributed by atoms with Crippen molar-refractivity contribution >= 4 is 15.5 Å². The number of aromatic nitrogens is 4. The van der Waals surface area contributed by atoms with Gasteiger partial charge in [-0.1, -0.05) is 6.92 Å². The SMILES string of the molecule is CCCc1nc(C)c2c(=O)[nH]c(-c3cc(S(=O)(=O)[N+]4([O-])CC[N+]([O-])(CC)CC4)ccc3OCC)nn12. The van der Waals surface area contributed by atoms with Crippen LogP contribution in [0.1, 0.15) is 38.7 Å². The minimum absolute atomic E-state index is 0.0746. The Morgan fingerprint density at radius 2 is 1.83 bits per heavy atom. The number of aryl methyl sites for hydroxylation is 2. The number of nitrogens with one attached hydrogen (secondary N) is 1. The van der Waals surface area contributed by atoms with E-state index in [1.807, 2.05) is 6.92 Å². The van der Waals surface area contributed by atoms with Crippen molar-refractivity contribution in [1.29, 1.82) is 0 Å². The van der Waals surface area contributed by atoms with Crippen LogP contribution in [0.25, 0.3) is 16.9 Å².